The Kier molecular flexibility index (Phi) is 11.4. The highest BCUT2D eigenvalue weighted by atomic mass is 13.9. The molecule has 0 aromatic rings. The second-order valence-electron chi connectivity index (χ2n) is 3.24. The lowest BCUT2D eigenvalue weighted by atomic mass is 10.2. The summed E-state index contributed by atoms with van der Waals surface area (Å²) in [5.41, 5.74) is 0. The number of unbranched alkanes of at least 4 members (excludes halogenated alkanes) is 3. The Morgan fingerprint density at radius 1 is 1.07 bits per heavy atom. The lowest BCUT2D eigenvalue weighted by Crippen LogP contribution is -1.70. The molecule has 0 unspecified atom stereocenters. The van der Waals surface area contributed by atoms with Crippen molar-refractivity contribution in [3.8, 4) is 23.7 Å². The fourth-order valence-electron chi connectivity index (χ4n) is 1.03. The van der Waals surface area contributed by atoms with Crippen molar-refractivity contribution >= 4 is 0 Å². The van der Waals surface area contributed by atoms with Gasteiger partial charge in [-0.15, -0.1) is 0 Å². The highest BCUT2D eigenvalue weighted by Crippen LogP contribution is 1.99. The van der Waals surface area contributed by atoms with E-state index in [-0.39, 0.29) is 0 Å². The van der Waals surface area contributed by atoms with E-state index in [1.807, 2.05) is 13.0 Å². The first-order valence-electron chi connectivity index (χ1n) is 5.66. The van der Waals surface area contributed by atoms with Crippen molar-refractivity contribution in [1.29, 1.82) is 0 Å². The summed E-state index contributed by atoms with van der Waals surface area (Å²) in [4.78, 5) is 0. The summed E-state index contributed by atoms with van der Waals surface area (Å²) in [5, 5.41) is 0. The molecule has 0 atom stereocenters. The molecule has 0 radical (unpaired) electrons. The number of hydrogen-bond donors (Lipinski definition) is 0. The van der Waals surface area contributed by atoms with Crippen LogP contribution in [0, 0.1) is 23.7 Å². The molecule has 80 valence electrons. The summed E-state index contributed by atoms with van der Waals surface area (Å²) in [7, 11) is 0. The van der Waals surface area contributed by atoms with Crippen molar-refractivity contribution in [3.63, 3.8) is 0 Å². The van der Waals surface area contributed by atoms with Gasteiger partial charge in [-0.2, -0.15) is 0 Å². The Hall–Kier alpha value is -1.40. The number of rotatable bonds is 5. The largest absolute Gasteiger partial charge is 0.0876 e. The van der Waals surface area contributed by atoms with Crippen molar-refractivity contribution in [3.05, 3.63) is 24.3 Å². The third kappa shape index (κ3) is 12.6. The van der Waals surface area contributed by atoms with Crippen LogP contribution in [0.2, 0.25) is 0 Å². The maximum absolute atomic E-state index is 2.99. The second-order valence-corrected chi connectivity index (χ2v) is 3.24. The minimum absolute atomic E-state index is 0.816. The molecule has 0 spiro atoms. The molecule has 0 saturated heterocycles. The molecule has 0 amide bonds. The van der Waals surface area contributed by atoms with Gasteiger partial charge in [-0.3, -0.25) is 0 Å². The highest BCUT2D eigenvalue weighted by molar-refractivity contribution is 5.30. The summed E-state index contributed by atoms with van der Waals surface area (Å²) in [6, 6.07) is 0. The van der Waals surface area contributed by atoms with E-state index < -0.39 is 0 Å². The first-order chi connectivity index (χ1) is 7.41. The van der Waals surface area contributed by atoms with Crippen LogP contribution in [0.4, 0.5) is 0 Å². The molecule has 0 aromatic heterocycles. The highest BCUT2D eigenvalue weighted by Gasteiger charge is 1.80. The normalized spacial score (nSPS) is 9.73. The van der Waals surface area contributed by atoms with Gasteiger partial charge in [0.2, 0.25) is 0 Å². The molecular formula is C15H20. The smallest absolute Gasteiger partial charge is 0.0279 e. The zero-order valence-electron chi connectivity index (χ0n) is 9.84. The molecule has 0 heterocycles. The van der Waals surface area contributed by atoms with Crippen LogP contribution in [0.25, 0.3) is 0 Å². The summed E-state index contributed by atoms with van der Waals surface area (Å²) in [5.74, 6) is 11.4. The fraction of sp³-hybridized carbons (Fsp3) is 0.467. The molecule has 0 saturated carbocycles. The van der Waals surface area contributed by atoms with Crippen molar-refractivity contribution in [2.75, 3.05) is 0 Å². The fourth-order valence-corrected chi connectivity index (χ4v) is 1.03. The van der Waals surface area contributed by atoms with Gasteiger partial charge in [-0.1, -0.05) is 49.8 Å². The number of hydrogen-bond acceptors (Lipinski definition) is 0. The quantitative estimate of drug-likeness (QED) is 0.356. The average Bonchev–Trinajstić information content (AvgIpc) is 2.26. The molecule has 0 fully saturated rings. The Balaban J connectivity index is 3.48. The van der Waals surface area contributed by atoms with E-state index in [1.54, 1.807) is 6.08 Å². The van der Waals surface area contributed by atoms with Gasteiger partial charge in [0, 0.05) is 6.42 Å². The Bertz CT molecular complexity index is 296. The lowest BCUT2D eigenvalue weighted by Gasteiger charge is -1.89. The Labute approximate surface area is 94.5 Å². The molecule has 0 heteroatoms. The van der Waals surface area contributed by atoms with Crippen LogP contribution in [0.15, 0.2) is 24.3 Å². The van der Waals surface area contributed by atoms with E-state index in [0.717, 1.165) is 6.42 Å². The van der Waals surface area contributed by atoms with E-state index in [0.29, 0.717) is 0 Å². The number of allylic oxidation sites excluding steroid dienone is 4. The lowest BCUT2D eigenvalue weighted by molar-refractivity contribution is 0.728. The Morgan fingerprint density at radius 2 is 1.93 bits per heavy atom. The van der Waals surface area contributed by atoms with Crippen LogP contribution in [0.1, 0.15) is 46.0 Å². The van der Waals surface area contributed by atoms with Gasteiger partial charge < -0.3 is 0 Å². The molecule has 0 nitrogen and oxygen atoms in total. The molecule has 15 heavy (non-hydrogen) atoms. The van der Waals surface area contributed by atoms with E-state index >= 15 is 0 Å². The van der Waals surface area contributed by atoms with Gasteiger partial charge >= 0.3 is 0 Å². The third-order valence-corrected chi connectivity index (χ3v) is 1.83. The van der Waals surface area contributed by atoms with E-state index in [2.05, 4.69) is 42.8 Å². The zero-order chi connectivity index (χ0) is 11.2. The maximum Gasteiger partial charge on any atom is 0.0279 e. The third-order valence-electron chi connectivity index (χ3n) is 1.83. The minimum atomic E-state index is 0.816. The van der Waals surface area contributed by atoms with Crippen LogP contribution >= 0.6 is 0 Å². The summed E-state index contributed by atoms with van der Waals surface area (Å²) in [6.45, 7) is 4.17. The van der Waals surface area contributed by atoms with Crippen molar-refractivity contribution in [1.82, 2.24) is 0 Å². The van der Waals surface area contributed by atoms with Crippen molar-refractivity contribution in [2.24, 2.45) is 0 Å². The molecule has 0 bridgehead atoms. The van der Waals surface area contributed by atoms with Crippen LogP contribution in [0.3, 0.4) is 0 Å². The van der Waals surface area contributed by atoms with Gasteiger partial charge in [0.05, 0.1) is 0 Å². The van der Waals surface area contributed by atoms with E-state index in [1.165, 1.54) is 25.7 Å². The Morgan fingerprint density at radius 3 is 2.67 bits per heavy atom. The maximum atomic E-state index is 2.99. The van der Waals surface area contributed by atoms with Gasteiger partial charge in [-0.05, 0) is 37.7 Å². The van der Waals surface area contributed by atoms with Crippen LogP contribution < -0.4 is 0 Å². The average molecular weight is 200 g/mol. The molecule has 0 rings (SSSR count). The van der Waals surface area contributed by atoms with E-state index in [4.69, 9.17) is 0 Å². The van der Waals surface area contributed by atoms with Crippen LogP contribution in [-0.4, -0.2) is 0 Å². The zero-order valence-corrected chi connectivity index (χ0v) is 9.84. The summed E-state index contributed by atoms with van der Waals surface area (Å²) in [6.07, 6.45) is 13.9. The van der Waals surface area contributed by atoms with Crippen LogP contribution in [-0.2, 0) is 0 Å². The molecule has 0 aliphatic rings. The van der Waals surface area contributed by atoms with Gasteiger partial charge in [0.15, 0.2) is 0 Å². The SMILES string of the molecule is CC=CC#CC#CCC=CCCCCC. The van der Waals surface area contributed by atoms with Gasteiger partial charge in [0.25, 0.3) is 0 Å². The summed E-state index contributed by atoms with van der Waals surface area (Å²) >= 11 is 0. The van der Waals surface area contributed by atoms with Crippen molar-refractivity contribution < 1.29 is 0 Å². The first-order valence-corrected chi connectivity index (χ1v) is 5.66. The first kappa shape index (κ1) is 13.6. The molecule has 0 aliphatic heterocycles. The topological polar surface area (TPSA) is 0 Å². The van der Waals surface area contributed by atoms with Crippen LogP contribution in [0.5, 0.6) is 0 Å². The minimum Gasteiger partial charge on any atom is -0.0876 e. The van der Waals surface area contributed by atoms with Gasteiger partial charge in [0.1, 0.15) is 0 Å². The van der Waals surface area contributed by atoms with Gasteiger partial charge in [-0.25, -0.2) is 0 Å². The van der Waals surface area contributed by atoms with E-state index in [9.17, 15) is 0 Å². The second kappa shape index (κ2) is 12.6. The summed E-state index contributed by atoms with van der Waals surface area (Å²) < 4.78 is 0. The predicted molar refractivity (Wildman–Crippen MR) is 68.3 cm³/mol. The molecule has 0 aliphatic carbocycles. The monoisotopic (exact) mass is 200 g/mol. The molecular weight excluding hydrogens is 180 g/mol. The van der Waals surface area contributed by atoms with Crippen molar-refractivity contribution in [2.45, 2.75) is 46.0 Å². The predicted octanol–water partition coefficient (Wildman–Crippen LogP) is 4.10. The standard InChI is InChI=1S/C15H20/c1-3-5-7-9-11-13-15-14-12-10-8-6-4-2/h3,5,12,14H,4,6,8,10,15H2,1-2H3. The molecule has 0 aromatic carbocycles. The molecule has 0 N–H and O–H groups in total.